The molecule has 0 aliphatic rings. The molecule has 134 valence electrons. The zero-order chi connectivity index (χ0) is 18.7. The Labute approximate surface area is 151 Å². The van der Waals surface area contributed by atoms with Gasteiger partial charge < -0.3 is 15.6 Å². The van der Waals surface area contributed by atoms with Crippen molar-refractivity contribution in [3.63, 3.8) is 0 Å². The van der Waals surface area contributed by atoms with Gasteiger partial charge >= 0.3 is 0 Å². The maximum Gasteiger partial charge on any atom is 0.250 e. The molecule has 0 bridgehead atoms. The fourth-order valence-corrected chi connectivity index (χ4v) is 2.73. The van der Waals surface area contributed by atoms with E-state index < -0.39 is 5.91 Å². The number of rotatable bonds is 6. The summed E-state index contributed by atoms with van der Waals surface area (Å²) in [6.45, 7) is 6.64. The number of carbonyl (C=O) groups excluding carboxylic acids is 1. The number of nitrogens with one attached hydrogen (secondary N) is 1. The van der Waals surface area contributed by atoms with Crippen molar-refractivity contribution in [3.05, 3.63) is 53.9 Å². The third kappa shape index (κ3) is 3.69. The first kappa shape index (κ1) is 17.5. The summed E-state index contributed by atoms with van der Waals surface area (Å²) in [4.78, 5) is 28.5. The van der Waals surface area contributed by atoms with E-state index in [1.54, 1.807) is 18.3 Å². The highest BCUT2D eigenvalue weighted by molar-refractivity contribution is 5.92. The number of amides is 1. The molecule has 0 saturated carbocycles. The summed E-state index contributed by atoms with van der Waals surface area (Å²) in [5.41, 5.74) is 8.10. The molecule has 3 rings (SSSR count). The van der Waals surface area contributed by atoms with Gasteiger partial charge in [-0.3, -0.25) is 9.78 Å². The first-order valence-corrected chi connectivity index (χ1v) is 8.31. The van der Waals surface area contributed by atoms with Gasteiger partial charge in [-0.1, -0.05) is 0 Å². The van der Waals surface area contributed by atoms with E-state index in [-0.39, 0.29) is 6.04 Å². The molecule has 3 N–H and O–H groups in total. The third-order valence-corrected chi connectivity index (χ3v) is 3.95. The molecule has 0 radical (unpaired) electrons. The summed E-state index contributed by atoms with van der Waals surface area (Å²) in [5, 5.41) is 3.14. The summed E-state index contributed by atoms with van der Waals surface area (Å²) < 4.78 is 2.14. The number of imidazole rings is 1. The van der Waals surface area contributed by atoms with Crippen molar-refractivity contribution in [1.29, 1.82) is 0 Å². The molecule has 0 spiro atoms. The van der Waals surface area contributed by atoms with Crippen molar-refractivity contribution in [2.45, 2.75) is 33.4 Å². The molecule has 0 aliphatic carbocycles. The number of hydrogen-bond donors (Lipinski definition) is 2. The van der Waals surface area contributed by atoms with Crippen LogP contribution >= 0.6 is 0 Å². The van der Waals surface area contributed by atoms with Crippen LogP contribution in [0.5, 0.6) is 0 Å². The van der Waals surface area contributed by atoms with E-state index in [1.807, 2.05) is 19.2 Å². The topological polar surface area (TPSA) is 112 Å². The molecule has 3 heterocycles. The maximum atomic E-state index is 11.1. The Bertz CT molecular complexity index is 916. The van der Waals surface area contributed by atoms with Crippen LogP contribution in [0, 0.1) is 6.92 Å². The van der Waals surface area contributed by atoms with Gasteiger partial charge in [0.2, 0.25) is 11.9 Å². The van der Waals surface area contributed by atoms with Crippen LogP contribution < -0.4 is 11.1 Å². The molecule has 3 aromatic rings. The fraction of sp³-hybridized carbons (Fsp3) is 0.278. The first-order valence-electron chi connectivity index (χ1n) is 8.31. The average Bonchev–Trinajstić information content (AvgIpc) is 3.02. The Balaban J connectivity index is 1.77. The lowest BCUT2D eigenvalue weighted by molar-refractivity contribution is 0.1000. The average molecular weight is 351 g/mol. The van der Waals surface area contributed by atoms with Crippen molar-refractivity contribution >= 4 is 11.9 Å². The molecule has 3 aromatic heterocycles. The van der Waals surface area contributed by atoms with E-state index in [4.69, 9.17) is 5.73 Å². The van der Waals surface area contributed by atoms with E-state index in [0.29, 0.717) is 18.1 Å². The van der Waals surface area contributed by atoms with Crippen LogP contribution in [0.25, 0.3) is 11.4 Å². The third-order valence-electron chi connectivity index (χ3n) is 3.95. The van der Waals surface area contributed by atoms with Crippen molar-refractivity contribution in [2.75, 3.05) is 5.32 Å². The second-order valence-electron chi connectivity index (χ2n) is 6.18. The Morgan fingerprint density at radius 2 is 2.00 bits per heavy atom. The van der Waals surface area contributed by atoms with Gasteiger partial charge in [0.25, 0.3) is 0 Å². The SMILES string of the molecule is Cc1ncc(-c2ccnc(NCc3ccc(C(N)=O)cn3)n2)n1C(C)C. The van der Waals surface area contributed by atoms with Crippen LogP contribution in [-0.4, -0.2) is 30.4 Å². The van der Waals surface area contributed by atoms with Crippen molar-refractivity contribution in [1.82, 2.24) is 24.5 Å². The molecular weight excluding hydrogens is 330 g/mol. The second-order valence-corrected chi connectivity index (χ2v) is 6.18. The highest BCUT2D eigenvalue weighted by Gasteiger charge is 2.13. The van der Waals surface area contributed by atoms with Crippen LogP contribution in [0.15, 0.2) is 36.8 Å². The lowest BCUT2D eigenvalue weighted by atomic mass is 10.2. The van der Waals surface area contributed by atoms with Crippen LogP contribution in [0.1, 0.15) is 41.8 Å². The Morgan fingerprint density at radius 1 is 1.19 bits per heavy atom. The maximum absolute atomic E-state index is 11.1. The van der Waals surface area contributed by atoms with Gasteiger partial charge in [-0.2, -0.15) is 0 Å². The van der Waals surface area contributed by atoms with Crippen LogP contribution in [0.2, 0.25) is 0 Å². The van der Waals surface area contributed by atoms with Gasteiger partial charge in [-0.05, 0) is 39.0 Å². The lowest BCUT2D eigenvalue weighted by Crippen LogP contribution is -2.12. The molecule has 1 amide bonds. The second kappa shape index (κ2) is 7.30. The summed E-state index contributed by atoms with van der Waals surface area (Å²) in [7, 11) is 0. The molecule has 0 saturated heterocycles. The number of primary amides is 1. The molecule has 8 heteroatoms. The molecule has 0 aromatic carbocycles. The molecule has 0 aliphatic heterocycles. The fourth-order valence-electron chi connectivity index (χ4n) is 2.73. The van der Waals surface area contributed by atoms with E-state index in [1.165, 1.54) is 6.20 Å². The Morgan fingerprint density at radius 3 is 2.65 bits per heavy atom. The number of nitrogens with two attached hydrogens (primary N) is 1. The molecular formula is C18H21N7O. The lowest BCUT2D eigenvalue weighted by Gasteiger charge is -2.14. The number of anilines is 1. The number of nitrogens with zero attached hydrogens (tertiary/aromatic N) is 5. The van der Waals surface area contributed by atoms with Gasteiger partial charge in [0.1, 0.15) is 5.82 Å². The smallest absolute Gasteiger partial charge is 0.250 e. The summed E-state index contributed by atoms with van der Waals surface area (Å²) in [6, 6.07) is 5.54. The first-order chi connectivity index (χ1) is 12.5. The molecule has 8 nitrogen and oxygen atoms in total. The normalized spacial score (nSPS) is 10.9. The highest BCUT2D eigenvalue weighted by Crippen LogP contribution is 2.23. The van der Waals surface area contributed by atoms with Crippen LogP contribution in [-0.2, 0) is 6.54 Å². The predicted octanol–water partition coefficient (Wildman–Crippen LogP) is 2.34. The Hall–Kier alpha value is -3.29. The van der Waals surface area contributed by atoms with Gasteiger partial charge in [-0.25, -0.2) is 15.0 Å². The standard InChI is InChI=1S/C18H21N7O/c1-11(2)25-12(3)21-10-16(25)15-6-7-20-18(24-15)23-9-14-5-4-13(8-22-14)17(19)26/h4-8,10-11H,9H2,1-3H3,(H2,19,26)(H,20,23,24). The number of hydrogen-bond acceptors (Lipinski definition) is 6. The van der Waals surface area contributed by atoms with Crippen LogP contribution in [0.3, 0.4) is 0 Å². The minimum Gasteiger partial charge on any atom is -0.366 e. The molecule has 0 atom stereocenters. The van der Waals surface area contributed by atoms with E-state index in [0.717, 1.165) is 22.9 Å². The quantitative estimate of drug-likeness (QED) is 0.705. The zero-order valence-electron chi connectivity index (χ0n) is 15.0. The van der Waals surface area contributed by atoms with Gasteiger partial charge in [0, 0.05) is 18.4 Å². The number of aryl methyl sites for hydroxylation is 1. The zero-order valence-corrected chi connectivity index (χ0v) is 15.0. The Kier molecular flexibility index (Phi) is 4.92. The van der Waals surface area contributed by atoms with Gasteiger partial charge in [0.05, 0.1) is 35.4 Å². The minimum absolute atomic E-state index is 0.284. The van der Waals surface area contributed by atoms with E-state index in [9.17, 15) is 4.79 Å². The number of aromatic nitrogens is 5. The van der Waals surface area contributed by atoms with Gasteiger partial charge in [0.15, 0.2) is 0 Å². The summed E-state index contributed by atoms with van der Waals surface area (Å²) in [5.74, 6) is 0.949. The number of pyridine rings is 1. The summed E-state index contributed by atoms with van der Waals surface area (Å²) in [6.07, 6.45) is 4.99. The largest absolute Gasteiger partial charge is 0.366 e. The van der Waals surface area contributed by atoms with Crippen molar-refractivity contribution < 1.29 is 4.79 Å². The number of carbonyl (C=O) groups is 1. The van der Waals surface area contributed by atoms with E-state index >= 15 is 0 Å². The van der Waals surface area contributed by atoms with Crippen LogP contribution in [0.4, 0.5) is 5.95 Å². The van der Waals surface area contributed by atoms with Gasteiger partial charge in [-0.15, -0.1) is 0 Å². The monoisotopic (exact) mass is 351 g/mol. The molecule has 0 fully saturated rings. The minimum atomic E-state index is -0.495. The predicted molar refractivity (Wildman–Crippen MR) is 98.5 cm³/mol. The van der Waals surface area contributed by atoms with E-state index in [2.05, 4.69) is 43.7 Å². The molecule has 0 unspecified atom stereocenters. The molecule has 26 heavy (non-hydrogen) atoms. The van der Waals surface area contributed by atoms with Crippen molar-refractivity contribution in [2.24, 2.45) is 5.73 Å². The van der Waals surface area contributed by atoms with Crippen molar-refractivity contribution in [3.8, 4) is 11.4 Å². The highest BCUT2D eigenvalue weighted by atomic mass is 16.1. The summed E-state index contributed by atoms with van der Waals surface area (Å²) >= 11 is 0.